The van der Waals surface area contributed by atoms with Crippen molar-refractivity contribution in [1.29, 1.82) is 0 Å². The number of nitrogens with zero attached hydrogens (tertiary/aromatic N) is 2. The Morgan fingerprint density at radius 1 is 1.04 bits per heavy atom. The summed E-state index contributed by atoms with van der Waals surface area (Å²) in [6, 6.07) is 10.1. The second-order valence-corrected chi connectivity index (χ2v) is 6.08. The third-order valence-electron chi connectivity index (χ3n) is 3.96. The fourth-order valence-electron chi connectivity index (χ4n) is 2.53. The summed E-state index contributed by atoms with van der Waals surface area (Å²) in [5.41, 5.74) is 1.16. The van der Waals surface area contributed by atoms with Crippen LogP contribution in [0.2, 0.25) is 0 Å². The summed E-state index contributed by atoms with van der Waals surface area (Å²) < 4.78 is 7.55. The Morgan fingerprint density at radius 2 is 1.77 bits per heavy atom. The van der Waals surface area contributed by atoms with Gasteiger partial charge in [-0.2, -0.15) is 0 Å². The molecule has 2 amide bonds. The highest BCUT2D eigenvalue weighted by Gasteiger charge is 2.29. The van der Waals surface area contributed by atoms with E-state index < -0.39 is 6.09 Å². The third kappa shape index (κ3) is 3.59. The van der Waals surface area contributed by atoms with Gasteiger partial charge in [0.25, 0.3) is 0 Å². The number of anilines is 2. The fourth-order valence-corrected chi connectivity index (χ4v) is 2.53. The number of carbonyl (C=O) groups excluding carboxylic acids is 1. The number of rotatable bonds is 5. The van der Waals surface area contributed by atoms with Crippen LogP contribution in [-0.4, -0.2) is 26.5 Å². The van der Waals surface area contributed by atoms with E-state index in [1.165, 1.54) is 0 Å². The molecule has 1 aromatic carbocycles. The van der Waals surface area contributed by atoms with Crippen LogP contribution in [-0.2, 0) is 4.79 Å². The van der Waals surface area contributed by atoms with Crippen LogP contribution in [0.1, 0.15) is 12.8 Å². The first kappa shape index (κ1) is 15.9. The van der Waals surface area contributed by atoms with Crippen molar-refractivity contribution in [3.8, 4) is 11.5 Å². The maximum absolute atomic E-state index is 11.8. The zero-order chi connectivity index (χ0) is 18.1. The summed E-state index contributed by atoms with van der Waals surface area (Å²) in [7, 11) is 0. The SMILES string of the molecule is O=C(O)Nc1ccc(Oc2ccc3nc(NC(=O)C4CC4)cn3c2)cc1. The molecule has 3 N–H and O–H groups in total. The number of amides is 2. The number of ether oxygens (including phenoxy) is 1. The Morgan fingerprint density at radius 3 is 2.46 bits per heavy atom. The molecule has 0 saturated heterocycles. The lowest BCUT2D eigenvalue weighted by Crippen LogP contribution is -2.13. The van der Waals surface area contributed by atoms with Crippen molar-refractivity contribution in [1.82, 2.24) is 9.38 Å². The molecular weight excluding hydrogens is 336 g/mol. The first-order chi connectivity index (χ1) is 12.6. The van der Waals surface area contributed by atoms with Crippen molar-refractivity contribution >= 4 is 29.2 Å². The zero-order valence-electron chi connectivity index (χ0n) is 13.7. The summed E-state index contributed by atoms with van der Waals surface area (Å²) in [6.45, 7) is 0. The van der Waals surface area contributed by atoms with E-state index in [1.807, 2.05) is 0 Å². The highest BCUT2D eigenvalue weighted by atomic mass is 16.5. The predicted octanol–water partition coefficient (Wildman–Crippen LogP) is 3.57. The molecule has 0 spiro atoms. The Hall–Kier alpha value is -3.55. The summed E-state index contributed by atoms with van der Waals surface area (Å²) >= 11 is 0. The first-order valence-corrected chi connectivity index (χ1v) is 8.14. The lowest BCUT2D eigenvalue weighted by atomic mass is 10.3. The first-order valence-electron chi connectivity index (χ1n) is 8.14. The molecule has 8 heteroatoms. The van der Waals surface area contributed by atoms with Gasteiger partial charge in [-0.1, -0.05) is 0 Å². The Kier molecular flexibility index (Phi) is 3.92. The largest absolute Gasteiger partial charge is 0.465 e. The molecule has 132 valence electrons. The molecule has 2 aromatic heterocycles. The lowest BCUT2D eigenvalue weighted by molar-refractivity contribution is -0.117. The van der Waals surface area contributed by atoms with Crippen molar-refractivity contribution in [3.05, 3.63) is 48.8 Å². The van der Waals surface area contributed by atoms with Crippen LogP contribution in [0.3, 0.4) is 0 Å². The van der Waals surface area contributed by atoms with E-state index in [9.17, 15) is 9.59 Å². The second kappa shape index (κ2) is 6.40. The summed E-state index contributed by atoms with van der Waals surface area (Å²) in [5.74, 6) is 1.82. The number of imidazole rings is 1. The van der Waals surface area contributed by atoms with E-state index >= 15 is 0 Å². The molecule has 4 rings (SSSR count). The molecule has 26 heavy (non-hydrogen) atoms. The van der Waals surface area contributed by atoms with Crippen molar-refractivity contribution in [2.45, 2.75) is 12.8 Å². The number of pyridine rings is 1. The second-order valence-electron chi connectivity index (χ2n) is 6.08. The van der Waals surface area contributed by atoms with Crippen LogP contribution in [0.5, 0.6) is 11.5 Å². The van der Waals surface area contributed by atoms with Gasteiger partial charge in [0.05, 0.1) is 12.4 Å². The maximum atomic E-state index is 11.8. The van der Waals surface area contributed by atoms with Crippen LogP contribution in [0.4, 0.5) is 16.3 Å². The van der Waals surface area contributed by atoms with E-state index in [4.69, 9.17) is 9.84 Å². The molecule has 1 saturated carbocycles. The molecule has 2 heterocycles. The molecule has 3 aromatic rings. The Labute approximate surface area is 148 Å². The van der Waals surface area contributed by atoms with Crippen molar-refractivity contribution in [3.63, 3.8) is 0 Å². The molecule has 0 aliphatic heterocycles. The molecule has 1 aliphatic carbocycles. The third-order valence-corrected chi connectivity index (χ3v) is 3.96. The van der Waals surface area contributed by atoms with Gasteiger partial charge in [0, 0.05) is 11.6 Å². The standard InChI is InChI=1S/C18H16N4O4/c23-17(11-1-2-11)21-15-10-22-9-14(7-8-16(22)20-15)26-13-5-3-12(4-6-13)19-18(24)25/h3-11,19H,1-2H2,(H,21,23)(H,24,25). The average Bonchev–Trinajstić information content (AvgIpc) is 3.37. The van der Waals surface area contributed by atoms with Crippen molar-refractivity contribution < 1.29 is 19.4 Å². The molecular formula is C18H16N4O4. The van der Waals surface area contributed by atoms with Gasteiger partial charge in [-0.05, 0) is 49.2 Å². The number of hydrogen-bond donors (Lipinski definition) is 3. The Bertz CT molecular complexity index is 977. The summed E-state index contributed by atoms with van der Waals surface area (Å²) in [6.07, 6.45) is 4.27. The van der Waals surface area contributed by atoms with Crippen LogP contribution >= 0.6 is 0 Å². The highest BCUT2D eigenvalue weighted by molar-refractivity contribution is 5.93. The monoisotopic (exact) mass is 352 g/mol. The van der Waals surface area contributed by atoms with Gasteiger partial charge in [0.15, 0.2) is 5.82 Å². The average molecular weight is 352 g/mol. The molecule has 0 radical (unpaired) electrons. The minimum Gasteiger partial charge on any atom is -0.465 e. The highest BCUT2D eigenvalue weighted by Crippen LogP contribution is 2.30. The molecule has 1 fully saturated rings. The number of fused-ring (bicyclic) bond motifs is 1. The topological polar surface area (TPSA) is 105 Å². The summed E-state index contributed by atoms with van der Waals surface area (Å²) in [5, 5.41) is 13.8. The van der Waals surface area contributed by atoms with Gasteiger partial charge in [-0.3, -0.25) is 10.1 Å². The fraction of sp³-hybridized carbons (Fsp3) is 0.167. The van der Waals surface area contributed by atoms with Gasteiger partial charge in [0.1, 0.15) is 17.1 Å². The van der Waals surface area contributed by atoms with Gasteiger partial charge in [-0.15, -0.1) is 0 Å². The van der Waals surface area contributed by atoms with Crippen molar-refractivity contribution in [2.75, 3.05) is 10.6 Å². The molecule has 1 aliphatic rings. The smallest absolute Gasteiger partial charge is 0.409 e. The van der Waals surface area contributed by atoms with Crippen molar-refractivity contribution in [2.24, 2.45) is 5.92 Å². The van der Waals surface area contributed by atoms with Crippen LogP contribution in [0.25, 0.3) is 5.65 Å². The minimum absolute atomic E-state index is 0.0138. The van der Waals surface area contributed by atoms with E-state index in [2.05, 4.69) is 15.6 Å². The maximum Gasteiger partial charge on any atom is 0.409 e. The van der Waals surface area contributed by atoms with E-state index in [1.54, 1.807) is 53.2 Å². The quantitative estimate of drug-likeness (QED) is 0.651. The summed E-state index contributed by atoms with van der Waals surface area (Å²) in [4.78, 5) is 26.8. The number of nitrogens with one attached hydrogen (secondary N) is 2. The predicted molar refractivity (Wildman–Crippen MR) is 94.7 cm³/mol. The Balaban J connectivity index is 1.48. The van der Waals surface area contributed by atoms with E-state index in [-0.39, 0.29) is 11.8 Å². The lowest BCUT2D eigenvalue weighted by Gasteiger charge is -2.07. The number of carboxylic acid groups (broad SMARTS) is 1. The van der Waals surface area contributed by atoms with Crippen LogP contribution in [0.15, 0.2) is 48.8 Å². The number of benzene rings is 1. The number of aromatic nitrogens is 2. The van der Waals surface area contributed by atoms with Crippen LogP contribution in [0, 0.1) is 5.92 Å². The van der Waals surface area contributed by atoms with Gasteiger partial charge in [0.2, 0.25) is 5.91 Å². The minimum atomic E-state index is -1.12. The molecule has 0 bridgehead atoms. The number of hydrogen-bond acceptors (Lipinski definition) is 4. The molecule has 0 atom stereocenters. The van der Waals surface area contributed by atoms with Gasteiger partial charge in [-0.25, -0.2) is 9.78 Å². The van der Waals surface area contributed by atoms with Gasteiger partial charge < -0.3 is 19.6 Å². The van der Waals surface area contributed by atoms with Gasteiger partial charge >= 0.3 is 6.09 Å². The van der Waals surface area contributed by atoms with Crippen LogP contribution < -0.4 is 15.4 Å². The van der Waals surface area contributed by atoms with E-state index in [0.29, 0.717) is 28.7 Å². The number of carbonyl (C=O) groups is 2. The molecule has 0 unspecified atom stereocenters. The zero-order valence-corrected chi connectivity index (χ0v) is 13.7. The molecule has 8 nitrogen and oxygen atoms in total. The normalized spacial score (nSPS) is 13.4. The van der Waals surface area contributed by atoms with E-state index in [0.717, 1.165) is 12.8 Å².